The molecule has 1 aliphatic rings. The summed E-state index contributed by atoms with van der Waals surface area (Å²) in [7, 11) is 2.24. The second kappa shape index (κ2) is 5.49. The second-order valence-electron chi connectivity index (χ2n) is 2.87. The Morgan fingerprint density at radius 2 is 2.36 bits per heavy atom. The molecule has 4 heteroatoms. The third-order valence-electron chi connectivity index (χ3n) is 2.09. The van der Waals surface area contributed by atoms with Crippen LogP contribution in [0, 0.1) is 0 Å². The summed E-state index contributed by atoms with van der Waals surface area (Å²) in [4.78, 5) is 2.49. The van der Waals surface area contributed by atoms with E-state index in [0.29, 0.717) is 0 Å². The summed E-state index contributed by atoms with van der Waals surface area (Å²) in [5.74, 6) is 1.31. The van der Waals surface area contributed by atoms with Gasteiger partial charge in [0.1, 0.15) is 1.26 Å². The molecule has 1 heterocycles. The van der Waals surface area contributed by atoms with Gasteiger partial charge in [-0.3, -0.25) is 0 Å². The number of hydrogen-bond donors (Lipinski definition) is 0. The Labute approximate surface area is 100 Å². The van der Waals surface area contributed by atoms with E-state index in [1.165, 1.54) is 25.1 Å². The Morgan fingerprint density at radius 1 is 1.64 bits per heavy atom. The lowest BCUT2D eigenvalue weighted by atomic mass is 10.2. The molecule has 66 valence electrons. The molecule has 0 amide bonds. The van der Waals surface area contributed by atoms with Crippen LogP contribution in [0.2, 0.25) is 0 Å². The molecule has 0 saturated carbocycles. The highest BCUT2D eigenvalue weighted by Crippen LogP contribution is 2.28. The van der Waals surface area contributed by atoms with Crippen molar-refractivity contribution < 1.29 is 0 Å². The monoisotopic (exact) mass is 397 g/mol. The lowest BCUT2D eigenvalue weighted by Crippen LogP contribution is -2.27. The maximum atomic E-state index is 2.49. The highest BCUT2D eigenvalue weighted by Gasteiger charge is 2.20. The highest BCUT2D eigenvalue weighted by molar-refractivity contribution is 14.2. The van der Waals surface area contributed by atoms with Gasteiger partial charge < -0.3 is 4.90 Å². The summed E-state index contributed by atoms with van der Waals surface area (Å²) in [5.41, 5.74) is 0. The SMILES string of the molecule is CN1CCC[C@H]1CSC(I)I. The summed E-state index contributed by atoms with van der Waals surface area (Å²) in [6.45, 7) is 1.30. The minimum absolute atomic E-state index is 0.735. The molecule has 0 spiro atoms. The van der Waals surface area contributed by atoms with Crippen LogP contribution in [0.25, 0.3) is 0 Å². The van der Waals surface area contributed by atoms with Crippen LogP contribution in [0.3, 0.4) is 0 Å². The molecular weight excluding hydrogens is 384 g/mol. The topological polar surface area (TPSA) is 3.24 Å². The molecule has 0 aromatic carbocycles. The van der Waals surface area contributed by atoms with E-state index in [1.54, 1.807) is 0 Å². The molecule has 1 nitrogen and oxygen atoms in total. The summed E-state index contributed by atoms with van der Waals surface area (Å²) >= 11 is 7.00. The van der Waals surface area contributed by atoms with Crippen molar-refractivity contribution in [1.82, 2.24) is 4.90 Å². The van der Waals surface area contributed by atoms with Gasteiger partial charge in [0.05, 0.1) is 0 Å². The Hall–Kier alpha value is 1.77. The van der Waals surface area contributed by atoms with E-state index in [0.717, 1.165) is 7.31 Å². The van der Waals surface area contributed by atoms with Gasteiger partial charge in [0, 0.05) is 11.8 Å². The smallest absolute Gasteiger partial charge is 0.108 e. The maximum Gasteiger partial charge on any atom is 0.108 e. The maximum absolute atomic E-state index is 2.49. The van der Waals surface area contributed by atoms with Crippen LogP contribution < -0.4 is 0 Å². The molecular formula is C7H13I2NS. The minimum Gasteiger partial charge on any atom is -0.303 e. The largest absolute Gasteiger partial charge is 0.303 e. The zero-order valence-corrected chi connectivity index (χ0v) is 11.7. The molecule has 11 heavy (non-hydrogen) atoms. The van der Waals surface area contributed by atoms with E-state index in [2.05, 4.69) is 68.9 Å². The summed E-state index contributed by atoms with van der Waals surface area (Å²) in [6.07, 6.45) is 2.80. The minimum atomic E-state index is 0.735. The first-order valence-electron chi connectivity index (χ1n) is 3.80. The third kappa shape index (κ3) is 3.99. The fourth-order valence-electron chi connectivity index (χ4n) is 1.37. The zero-order chi connectivity index (χ0) is 8.27. The van der Waals surface area contributed by atoms with Crippen LogP contribution in [0.15, 0.2) is 0 Å². The van der Waals surface area contributed by atoms with Gasteiger partial charge in [-0.15, -0.1) is 11.8 Å². The average molecular weight is 397 g/mol. The Bertz CT molecular complexity index is 121. The van der Waals surface area contributed by atoms with Crippen LogP contribution in [0.5, 0.6) is 0 Å². The van der Waals surface area contributed by atoms with Crippen LogP contribution in [0.1, 0.15) is 12.8 Å². The molecule has 0 N–H and O–H groups in total. The fraction of sp³-hybridized carbons (Fsp3) is 1.00. The van der Waals surface area contributed by atoms with E-state index < -0.39 is 0 Å². The molecule has 0 unspecified atom stereocenters. The molecule has 1 saturated heterocycles. The molecule has 1 fully saturated rings. The van der Waals surface area contributed by atoms with Crippen molar-refractivity contribution in [2.24, 2.45) is 0 Å². The lowest BCUT2D eigenvalue weighted by Gasteiger charge is -2.18. The standard InChI is InChI=1S/C7H13I2NS/c1-10-4-2-3-6(10)5-11-7(8)9/h6-7H,2-5H2,1H3/t6-/m0/s1. The van der Waals surface area contributed by atoms with E-state index >= 15 is 0 Å². The van der Waals surface area contributed by atoms with Crippen molar-refractivity contribution in [2.75, 3.05) is 19.3 Å². The Morgan fingerprint density at radius 3 is 2.82 bits per heavy atom. The predicted octanol–water partition coefficient (Wildman–Crippen LogP) is 2.97. The van der Waals surface area contributed by atoms with Crippen molar-refractivity contribution in [3.8, 4) is 0 Å². The number of nitrogens with zero attached hydrogens (tertiary/aromatic N) is 1. The first-order valence-corrected chi connectivity index (χ1v) is 7.34. The van der Waals surface area contributed by atoms with Crippen LogP contribution in [-0.2, 0) is 0 Å². The number of hydrogen-bond acceptors (Lipinski definition) is 2. The molecule has 0 aliphatic carbocycles. The van der Waals surface area contributed by atoms with Gasteiger partial charge in [-0.2, -0.15) is 0 Å². The van der Waals surface area contributed by atoms with Crippen LogP contribution >= 0.6 is 56.9 Å². The first kappa shape index (κ1) is 10.8. The molecule has 1 aliphatic heterocycles. The number of alkyl halides is 2. The lowest BCUT2D eigenvalue weighted by molar-refractivity contribution is 0.335. The van der Waals surface area contributed by atoms with E-state index in [9.17, 15) is 0 Å². The molecule has 0 aromatic rings. The van der Waals surface area contributed by atoms with Gasteiger partial charge in [0.2, 0.25) is 0 Å². The van der Waals surface area contributed by atoms with Gasteiger partial charge in [0.15, 0.2) is 0 Å². The summed E-state index contributed by atoms with van der Waals surface area (Å²) in [5, 5.41) is 0. The Kier molecular flexibility index (Phi) is 5.41. The molecule has 1 atom stereocenters. The van der Waals surface area contributed by atoms with Gasteiger partial charge in [-0.05, 0) is 26.4 Å². The summed E-state index contributed by atoms with van der Waals surface area (Å²) in [6, 6.07) is 0.854. The van der Waals surface area contributed by atoms with E-state index in [1.807, 2.05) is 0 Å². The van der Waals surface area contributed by atoms with Gasteiger partial charge in [-0.25, -0.2) is 0 Å². The van der Waals surface area contributed by atoms with Crippen molar-refractivity contribution in [3.63, 3.8) is 0 Å². The van der Waals surface area contributed by atoms with Crippen molar-refractivity contribution in [2.45, 2.75) is 20.1 Å². The van der Waals surface area contributed by atoms with E-state index in [4.69, 9.17) is 0 Å². The molecule has 1 rings (SSSR count). The molecule has 0 bridgehead atoms. The molecule has 0 radical (unpaired) electrons. The van der Waals surface area contributed by atoms with Gasteiger partial charge >= 0.3 is 0 Å². The quantitative estimate of drug-likeness (QED) is 0.533. The Balaban J connectivity index is 2.15. The van der Waals surface area contributed by atoms with Crippen LogP contribution in [0.4, 0.5) is 0 Å². The van der Waals surface area contributed by atoms with Crippen molar-refractivity contribution in [3.05, 3.63) is 0 Å². The van der Waals surface area contributed by atoms with E-state index in [-0.39, 0.29) is 0 Å². The van der Waals surface area contributed by atoms with Crippen LogP contribution in [-0.4, -0.2) is 31.6 Å². The second-order valence-corrected chi connectivity index (χ2v) is 10.6. The fourth-order valence-corrected chi connectivity index (χ4v) is 3.41. The highest BCUT2D eigenvalue weighted by atomic mass is 127. The third-order valence-corrected chi connectivity index (χ3v) is 5.07. The average Bonchev–Trinajstić information content (AvgIpc) is 2.31. The van der Waals surface area contributed by atoms with Crippen molar-refractivity contribution in [1.29, 1.82) is 0 Å². The predicted molar refractivity (Wildman–Crippen MR) is 69.9 cm³/mol. The normalized spacial score (nSPS) is 26.7. The zero-order valence-electron chi connectivity index (χ0n) is 6.59. The number of halogens is 2. The molecule has 0 aromatic heterocycles. The van der Waals surface area contributed by atoms with Gasteiger partial charge in [-0.1, -0.05) is 45.2 Å². The number of thioether (sulfide) groups is 1. The van der Waals surface area contributed by atoms with Crippen molar-refractivity contribution >= 4 is 56.9 Å². The first-order chi connectivity index (χ1) is 5.20. The summed E-state index contributed by atoms with van der Waals surface area (Å²) < 4.78 is 0.735. The van der Waals surface area contributed by atoms with Gasteiger partial charge in [0.25, 0.3) is 0 Å². The number of likely N-dealkylation sites (tertiary alicyclic amines) is 1. The number of rotatable bonds is 3.